The minimum Gasteiger partial charge on any atom is -0.372 e. The van der Waals surface area contributed by atoms with E-state index in [4.69, 9.17) is 9.97 Å². The normalized spacial score (nSPS) is 12.1. The molecule has 0 bridgehead atoms. The third-order valence-corrected chi connectivity index (χ3v) is 13.2. The van der Waals surface area contributed by atoms with Crippen LogP contribution >= 0.6 is 0 Å². The lowest BCUT2D eigenvalue weighted by molar-refractivity contribution is 0.945. The van der Waals surface area contributed by atoms with Gasteiger partial charge in [-0.3, -0.25) is 0 Å². The smallest absolute Gasteiger partial charge is 0.254 e. The fourth-order valence-corrected chi connectivity index (χ4v) is 11.4. The summed E-state index contributed by atoms with van der Waals surface area (Å²) in [7, 11) is -4.62. The highest BCUT2D eigenvalue weighted by Crippen LogP contribution is 2.33. The van der Waals surface area contributed by atoms with Crippen molar-refractivity contribution < 1.29 is 0 Å². The fourth-order valence-electron chi connectivity index (χ4n) is 5.09. The lowest BCUT2D eigenvalue weighted by Crippen LogP contribution is -2.78. The summed E-state index contributed by atoms with van der Waals surface area (Å²) in [6, 6.07) is 33.0. The average molecular weight is 494 g/mol. The van der Waals surface area contributed by atoms with Crippen LogP contribution in [-0.2, 0) is 0 Å². The summed E-state index contributed by atoms with van der Waals surface area (Å²) in [5.41, 5.74) is 0.872. The molecule has 7 heteroatoms. The van der Waals surface area contributed by atoms with Gasteiger partial charge in [0.05, 0.1) is 6.33 Å². The predicted molar refractivity (Wildman–Crippen MR) is 150 cm³/mol. The van der Waals surface area contributed by atoms with Crippen LogP contribution in [0.3, 0.4) is 0 Å². The molecular formula is C28H31N5Si2. The molecule has 0 fully saturated rings. The average Bonchev–Trinajstić information content (AvgIpc) is 3.37. The predicted octanol–water partition coefficient (Wildman–Crippen LogP) is 3.95. The molecule has 0 atom stereocenters. The van der Waals surface area contributed by atoms with E-state index in [0.29, 0.717) is 5.82 Å². The molecule has 0 saturated heterocycles. The third kappa shape index (κ3) is 3.90. The summed E-state index contributed by atoms with van der Waals surface area (Å²) in [6.45, 7) is 10.1. The second-order valence-corrected chi connectivity index (χ2v) is 18.2. The lowest BCUT2D eigenvalue weighted by Gasteiger charge is -2.46. The molecule has 0 N–H and O–H groups in total. The van der Waals surface area contributed by atoms with Crippen molar-refractivity contribution in [1.82, 2.24) is 19.2 Å². The van der Waals surface area contributed by atoms with E-state index in [0.717, 1.165) is 18.1 Å². The van der Waals surface area contributed by atoms with Crippen LogP contribution in [0.1, 0.15) is 6.92 Å². The van der Waals surface area contributed by atoms with Gasteiger partial charge in [-0.1, -0.05) is 111 Å². The number of benzene rings is 3. The molecule has 35 heavy (non-hydrogen) atoms. The topological polar surface area (TPSA) is 46.8 Å². The van der Waals surface area contributed by atoms with Gasteiger partial charge in [0.2, 0.25) is 0 Å². The van der Waals surface area contributed by atoms with Crippen LogP contribution in [0.4, 0.5) is 5.82 Å². The Labute approximate surface area is 209 Å². The minimum atomic E-state index is -2.76. The van der Waals surface area contributed by atoms with Gasteiger partial charge in [0.15, 0.2) is 14.1 Å². The fraction of sp³-hybridized carbons (Fsp3) is 0.179. The highest BCUT2D eigenvalue weighted by Gasteiger charge is 2.48. The summed E-state index contributed by atoms with van der Waals surface area (Å²) in [6.07, 6.45) is 3.63. The Morgan fingerprint density at radius 3 is 1.60 bits per heavy atom. The third-order valence-electron chi connectivity index (χ3n) is 6.59. The molecule has 2 aliphatic heterocycles. The number of nitrogens with zero attached hydrogens (tertiary/aromatic N) is 5. The molecule has 176 valence electrons. The largest absolute Gasteiger partial charge is 0.372 e. The first-order chi connectivity index (χ1) is 17.0. The van der Waals surface area contributed by atoms with E-state index in [2.05, 4.69) is 131 Å². The second kappa shape index (κ2) is 9.24. The molecule has 0 radical (unpaired) electrons. The highest BCUT2D eigenvalue weighted by atomic mass is 28.3. The number of hydrogen-bond donors (Lipinski definition) is 0. The van der Waals surface area contributed by atoms with Gasteiger partial charge in [-0.15, -0.1) is 0 Å². The number of anilines is 1. The zero-order valence-corrected chi connectivity index (χ0v) is 22.8. The molecule has 0 aliphatic carbocycles. The van der Waals surface area contributed by atoms with E-state index >= 15 is 0 Å². The van der Waals surface area contributed by atoms with E-state index < -0.39 is 16.5 Å². The number of imidazole rings is 1. The molecule has 3 aromatic carbocycles. The Morgan fingerprint density at radius 2 is 1.17 bits per heavy atom. The van der Waals surface area contributed by atoms with Gasteiger partial charge < -0.3 is 8.80 Å². The first-order valence-electron chi connectivity index (χ1n) is 12.1. The monoisotopic (exact) mass is 493 g/mol. The van der Waals surface area contributed by atoms with Crippen molar-refractivity contribution in [3.05, 3.63) is 104 Å². The van der Waals surface area contributed by atoms with Crippen molar-refractivity contribution in [2.75, 3.05) is 11.1 Å². The van der Waals surface area contributed by atoms with Crippen LogP contribution in [0.15, 0.2) is 104 Å². The second-order valence-electron chi connectivity index (χ2n) is 9.71. The van der Waals surface area contributed by atoms with Crippen LogP contribution in [0, 0.1) is 0 Å². The van der Waals surface area contributed by atoms with Gasteiger partial charge in [-0.05, 0) is 22.5 Å². The van der Waals surface area contributed by atoms with Gasteiger partial charge in [0, 0.05) is 6.54 Å². The Balaban J connectivity index is 1.95. The minimum absolute atomic E-state index is 0.699. The number of aromatic nitrogens is 4. The molecule has 5 rings (SSSR count). The van der Waals surface area contributed by atoms with Crippen LogP contribution < -0.4 is 20.1 Å². The van der Waals surface area contributed by atoms with Gasteiger partial charge in [0.25, 0.3) is 8.24 Å². The number of hydrogen-bond acceptors (Lipinski definition) is 4. The zero-order valence-electron chi connectivity index (χ0n) is 20.8. The van der Waals surface area contributed by atoms with Crippen molar-refractivity contribution in [3.8, 4) is 11.5 Å². The van der Waals surface area contributed by atoms with Crippen LogP contribution in [0.2, 0.25) is 19.6 Å². The van der Waals surface area contributed by atoms with Gasteiger partial charge >= 0.3 is 0 Å². The maximum atomic E-state index is 4.76. The molecule has 5 nitrogen and oxygen atoms in total. The Morgan fingerprint density at radius 1 is 0.686 bits per heavy atom. The molecule has 2 heterocycles. The van der Waals surface area contributed by atoms with Gasteiger partial charge in [-0.2, -0.15) is 0 Å². The summed E-state index contributed by atoms with van der Waals surface area (Å²) >= 11 is 0. The van der Waals surface area contributed by atoms with Gasteiger partial charge in [0.1, 0.15) is 17.8 Å². The Hall–Kier alpha value is -3.56. The Bertz CT molecular complexity index is 1270. The SMILES string of the molecule is CCN(c1c2ncnc-2ncn1[Si](C)(C)C)[Si](c1ccccc1)(c1ccccc1)c1ccccc1. The summed E-state index contributed by atoms with van der Waals surface area (Å²) in [5, 5.41) is 4.02. The van der Waals surface area contributed by atoms with E-state index in [-0.39, 0.29) is 0 Å². The van der Waals surface area contributed by atoms with Crippen molar-refractivity contribution >= 4 is 37.8 Å². The molecule has 0 spiro atoms. The van der Waals surface area contributed by atoms with Crippen LogP contribution in [-0.4, -0.2) is 42.2 Å². The maximum absolute atomic E-state index is 4.76. The molecule has 3 aromatic rings. The first kappa shape index (κ1) is 23.2. The van der Waals surface area contributed by atoms with Crippen molar-refractivity contribution in [2.45, 2.75) is 26.6 Å². The summed E-state index contributed by atoms with van der Waals surface area (Å²) in [5.74, 6) is 1.82. The summed E-state index contributed by atoms with van der Waals surface area (Å²) in [4.78, 5) is 14.0. The van der Waals surface area contributed by atoms with Crippen molar-refractivity contribution in [2.24, 2.45) is 0 Å². The molecule has 0 aromatic heterocycles. The molecule has 0 saturated carbocycles. The van der Waals surface area contributed by atoms with E-state index in [1.165, 1.54) is 15.6 Å². The standard InChI is InChI=1S/C28H31N5Si2/c1-5-32(28-26-27(30-21-29-26)31-22-33(28)34(2,3)4)35(23-15-9-6-10-16-23,24-17-11-7-12-18-24)25-19-13-8-14-20-25/h6-22H,5H2,1-4H3. The van der Waals surface area contributed by atoms with E-state index in [1.807, 2.05) is 6.33 Å². The van der Waals surface area contributed by atoms with Crippen LogP contribution in [0.25, 0.3) is 11.5 Å². The molecule has 0 unspecified atom stereocenters. The zero-order chi connectivity index (χ0) is 24.5. The molecule has 2 aliphatic rings. The van der Waals surface area contributed by atoms with Gasteiger partial charge in [-0.25, -0.2) is 15.0 Å². The van der Waals surface area contributed by atoms with Crippen LogP contribution in [0.5, 0.6) is 0 Å². The highest BCUT2D eigenvalue weighted by molar-refractivity contribution is 7.13. The first-order valence-corrected chi connectivity index (χ1v) is 17.5. The lowest BCUT2D eigenvalue weighted by atomic mass is 10.3. The number of fused-ring (bicyclic) bond motifs is 1. The molecular weight excluding hydrogens is 463 g/mol. The molecule has 0 amide bonds. The quantitative estimate of drug-likeness (QED) is 0.254. The Kier molecular flexibility index (Phi) is 6.12. The van der Waals surface area contributed by atoms with Crippen molar-refractivity contribution in [3.63, 3.8) is 0 Å². The van der Waals surface area contributed by atoms with Crippen molar-refractivity contribution in [1.29, 1.82) is 0 Å². The summed E-state index contributed by atoms with van der Waals surface area (Å²) < 4.78 is 5.05. The van der Waals surface area contributed by atoms with E-state index in [9.17, 15) is 0 Å². The maximum Gasteiger partial charge on any atom is 0.254 e. The number of rotatable bonds is 7. The van der Waals surface area contributed by atoms with E-state index in [1.54, 1.807) is 6.33 Å².